The normalized spacial score (nSPS) is 13.6. The van der Waals surface area contributed by atoms with E-state index in [1.54, 1.807) is 42.4 Å². The highest BCUT2D eigenvalue weighted by Crippen LogP contribution is 2.28. The van der Waals surface area contributed by atoms with Crippen LogP contribution in [0.15, 0.2) is 54.9 Å². The van der Waals surface area contributed by atoms with Gasteiger partial charge in [-0.1, -0.05) is 23.7 Å². The number of anilines is 2. The van der Waals surface area contributed by atoms with E-state index < -0.39 is 0 Å². The van der Waals surface area contributed by atoms with E-state index in [0.717, 1.165) is 34.9 Å². The molecule has 2 amide bonds. The minimum atomic E-state index is -0.0931. The first kappa shape index (κ1) is 20.9. The SMILES string of the molecule is COc1ccc(CCNc2ncnc3c2CN(c2ccc(Cl)cc2)C(=O)N(C)C3)cc1. The molecule has 0 atom stereocenters. The molecule has 7 nitrogen and oxygen atoms in total. The molecule has 1 aliphatic rings. The van der Waals surface area contributed by atoms with Crippen molar-refractivity contribution in [2.75, 3.05) is 30.9 Å². The van der Waals surface area contributed by atoms with Crippen LogP contribution in [0, 0.1) is 0 Å². The molecule has 0 unspecified atom stereocenters. The number of methoxy groups -OCH3 is 1. The zero-order valence-electron chi connectivity index (χ0n) is 17.5. The van der Waals surface area contributed by atoms with E-state index in [0.29, 0.717) is 24.7 Å². The number of rotatable bonds is 6. The van der Waals surface area contributed by atoms with Gasteiger partial charge in [0.2, 0.25) is 0 Å². The van der Waals surface area contributed by atoms with Gasteiger partial charge in [-0.05, 0) is 48.4 Å². The lowest BCUT2D eigenvalue weighted by Crippen LogP contribution is -2.38. The van der Waals surface area contributed by atoms with Crippen LogP contribution in [0.25, 0.3) is 0 Å². The third-order valence-electron chi connectivity index (χ3n) is 5.30. The predicted molar refractivity (Wildman–Crippen MR) is 122 cm³/mol. The van der Waals surface area contributed by atoms with Crippen molar-refractivity contribution in [2.24, 2.45) is 0 Å². The number of carbonyl (C=O) groups excluding carboxylic acids is 1. The summed E-state index contributed by atoms with van der Waals surface area (Å²) < 4.78 is 5.21. The molecule has 3 aromatic rings. The highest BCUT2D eigenvalue weighted by Gasteiger charge is 2.28. The minimum Gasteiger partial charge on any atom is -0.497 e. The maximum atomic E-state index is 13.0. The summed E-state index contributed by atoms with van der Waals surface area (Å²) in [6.45, 7) is 1.51. The summed E-state index contributed by atoms with van der Waals surface area (Å²) in [4.78, 5) is 25.3. The van der Waals surface area contributed by atoms with Gasteiger partial charge in [-0.3, -0.25) is 4.90 Å². The summed E-state index contributed by atoms with van der Waals surface area (Å²) in [5.74, 6) is 1.59. The molecule has 2 aromatic carbocycles. The average Bonchev–Trinajstić information content (AvgIpc) is 2.91. The van der Waals surface area contributed by atoms with E-state index >= 15 is 0 Å². The summed E-state index contributed by atoms with van der Waals surface area (Å²) in [5, 5.41) is 4.06. The Hall–Kier alpha value is -3.32. The van der Waals surface area contributed by atoms with Gasteiger partial charge in [0, 0.05) is 29.9 Å². The van der Waals surface area contributed by atoms with Crippen LogP contribution < -0.4 is 15.0 Å². The largest absolute Gasteiger partial charge is 0.497 e. The maximum absolute atomic E-state index is 13.0. The molecular formula is C23H24ClN5O2. The molecule has 0 radical (unpaired) electrons. The number of ether oxygens (including phenoxy) is 1. The van der Waals surface area contributed by atoms with E-state index in [1.807, 2.05) is 24.3 Å². The van der Waals surface area contributed by atoms with Gasteiger partial charge >= 0.3 is 6.03 Å². The molecule has 31 heavy (non-hydrogen) atoms. The molecule has 1 N–H and O–H groups in total. The fraction of sp³-hybridized carbons (Fsp3) is 0.261. The molecule has 1 aliphatic heterocycles. The number of hydrogen-bond donors (Lipinski definition) is 1. The smallest absolute Gasteiger partial charge is 0.324 e. The van der Waals surface area contributed by atoms with Gasteiger partial charge in [0.05, 0.1) is 25.9 Å². The number of carbonyl (C=O) groups is 1. The van der Waals surface area contributed by atoms with Crippen molar-refractivity contribution in [1.82, 2.24) is 14.9 Å². The average molecular weight is 438 g/mol. The molecule has 1 aromatic heterocycles. The quantitative estimate of drug-likeness (QED) is 0.620. The van der Waals surface area contributed by atoms with Crippen molar-refractivity contribution in [1.29, 1.82) is 0 Å². The van der Waals surface area contributed by atoms with Gasteiger partial charge in [0.25, 0.3) is 0 Å². The molecule has 0 saturated heterocycles. The van der Waals surface area contributed by atoms with Crippen molar-refractivity contribution >= 4 is 29.1 Å². The number of amides is 2. The summed E-state index contributed by atoms with van der Waals surface area (Å²) in [7, 11) is 3.44. The van der Waals surface area contributed by atoms with Gasteiger partial charge in [-0.2, -0.15) is 0 Å². The van der Waals surface area contributed by atoms with Crippen LogP contribution in [-0.2, 0) is 19.5 Å². The lowest BCUT2D eigenvalue weighted by atomic mass is 10.1. The molecule has 8 heteroatoms. The third-order valence-corrected chi connectivity index (χ3v) is 5.55. The first-order valence-corrected chi connectivity index (χ1v) is 10.4. The Bertz CT molecular complexity index is 1060. The van der Waals surface area contributed by atoms with Crippen LogP contribution in [0.2, 0.25) is 5.02 Å². The second-order valence-corrected chi connectivity index (χ2v) is 7.81. The Balaban J connectivity index is 1.54. The number of halogens is 1. The third kappa shape index (κ3) is 4.72. The molecule has 2 heterocycles. The number of nitrogens with one attached hydrogen (secondary N) is 1. The summed E-state index contributed by atoms with van der Waals surface area (Å²) >= 11 is 6.03. The monoisotopic (exact) mass is 437 g/mol. The Morgan fingerprint density at radius 3 is 2.52 bits per heavy atom. The number of fused-ring (bicyclic) bond motifs is 1. The van der Waals surface area contributed by atoms with Crippen LogP contribution in [-0.4, -0.2) is 41.6 Å². The van der Waals surface area contributed by atoms with Crippen molar-refractivity contribution in [3.05, 3.63) is 76.7 Å². The highest BCUT2D eigenvalue weighted by atomic mass is 35.5. The zero-order valence-corrected chi connectivity index (χ0v) is 18.3. The van der Waals surface area contributed by atoms with Gasteiger partial charge in [0.15, 0.2) is 0 Å². The van der Waals surface area contributed by atoms with Gasteiger partial charge < -0.3 is 15.0 Å². The lowest BCUT2D eigenvalue weighted by molar-refractivity contribution is 0.214. The Morgan fingerprint density at radius 2 is 1.81 bits per heavy atom. The van der Waals surface area contributed by atoms with Gasteiger partial charge in [-0.25, -0.2) is 14.8 Å². The Kier molecular flexibility index (Phi) is 6.23. The number of hydrogen-bond acceptors (Lipinski definition) is 5. The zero-order chi connectivity index (χ0) is 21.8. The second-order valence-electron chi connectivity index (χ2n) is 7.37. The van der Waals surface area contributed by atoms with Crippen molar-refractivity contribution in [3.63, 3.8) is 0 Å². The summed E-state index contributed by atoms with van der Waals surface area (Å²) in [5.41, 5.74) is 3.74. The van der Waals surface area contributed by atoms with Crippen LogP contribution >= 0.6 is 11.6 Å². The first-order valence-electron chi connectivity index (χ1n) is 10.0. The molecule has 0 bridgehead atoms. The van der Waals surface area contributed by atoms with E-state index in [4.69, 9.17) is 16.3 Å². The summed E-state index contributed by atoms with van der Waals surface area (Å²) in [6.07, 6.45) is 2.38. The van der Waals surface area contributed by atoms with Crippen molar-refractivity contribution in [2.45, 2.75) is 19.5 Å². The van der Waals surface area contributed by atoms with E-state index in [1.165, 1.54) is 5.56 Å². The van der Waals surface area contributed by atoms with E-state index in [-0.39, 0.29) is 6.03 Å². The number of nitrogens with zero attached hydrogens (tertiary/aromatic N) is 4. The molecule has 0 saturated carbocycles. The number of aromatic nitrogens is 2. The molecule has 0 spiro atoms. The van der Waals surface area contributed by atoms with Gasteiger partial charge in [-0.15, -0.1) is 0 Å². The predicted octanol–water partition coefficient (Wildman–Crippen LogP) is 4.37. The fourth-order valence-electron chi connectivity index (χ4n) is 3.57. The number of urea groups is 1. The lowest BCUT2D eigenvalue weighted by Gasteiger charge is -2.25. The first-order chi connectivity index (χ1) is 15.0. The van der Waals surface area contributed by atoms with Crippen LogP contribution in [0.5, 0.6) is 5.75 Å². The maximum Gasteiger partial charge on any atom is 0.324 e. The standard InChI is InChI=1S/C23H24ClN5O2/c1-28-14-21-20(13-29(23(28)30)18-7-5-17(24)6-8-18)22(27-15-26-21)25-12-11-16-3-9-19(31-2)10-4-16/h3-10,15H,11-14H2,1-2H3,(H,25,26,27). The van der Waals surface area contributed by atoms with Crippen LogP contribution in [0.1, 0.15) is 16.8 Å². The molecular weight excluding hydrogens is 414 g/mol. The topological polar surface area (TPSA) is 70.6 Å². The van der Waals surface area contributed by atoms with Crippen LogP contribution in [0.4, 0.5) is 16.3 Å². The van der Waals surface area contributed by atoms with Crippen molar-refractivity contribution in [3.8, 4) is 5.75 Å². The van der Waals surface area contributed by atoms with E-state index in [9.17, 15) is 4.79 Å². The Morgan fingerprint density at radius 1 is 1.06 bits per heavy atom. The number of benzene rings is 2. The fourth-order valence-corrected chi connectivity index (χ4v) is 3.69. The molecule has 4 rings (SSSR count). The molecule has 160 valence electrons. The Labute approximate surface area is 186 Å². The highest BCUT2D eigenvalue weighted by molar-refractivity contribution is 6.30. The van der Waals surface area contributed by atoms with Gasteiger partial charge in [0.1, 0.15) is 17.9 Å². The van der Waals surface area contributed by atoms with E-state index in [2.05, 4.69) is 27.4 Å². The minimum absolute atomic E-state index is 0.0931. The van der Waals surface area contributed by atoms with Crippen molar-refractivity contribution < 1.29 is 9.53 Å². The summed E-state index contributed by atoms with van der Waals surface area (Å²) in [6, 6.07) is 15.2. The molecule has 0 aliphatic carbocycles. The second kappa shape index (κ2) is 9.22. The molecule has 0 fully saturated rings. The van der Waals surface area contributed by atoms with Crippen LogP contribution in [0.3, 0.4) is 0 Å².